The number of nitrogens with one attached hydrogen (secondary N) is 1. The molecule has 0 saturated heterocycles. The van der Waals surface area contributed by atoms with Crippen LogP contribution in [-0.2, 0) is 15.0 Å². The molecule has 2 N–H and O–H groups in total. The number of carbonyl (C=O) groups excluding carboxylic acids is 1. The van der Waals surface area contributed by atoms with Crippen molar-refractivity contribution in [2.24, 2.45) is 11.8 Å². The standard InChI is InChI=1S/C27H43N3O6SSi/c1-17(2)38(18(3)4,19(5)6)30-13-12-22-24(23(35-7)14-28-26(22)30)25(31)21-10-8-20(9-11-21)15-36-27(32)29-16-37(33)34/h12-14,16-21,25,31H,8-11,15H2,1-7H3,(H,29,32). The van der Waals surface area contributed by atoms with Crippen molar-refractivity contribution in [2.45, 2.75) is 90.0 Å². The fraction of sp³-hybridized carbons (Fsp3) is 0.667. The Kier molecular flexibility index (Phi) is 10.0. The van der Waals surface area contributed by atoms with Crippen LogP contribution in [-0.4, -0.2) is 56.3 Å². The number of hydrogen-bond donors (Lipinski definition) is 2. The molecular weight excluding hydrogens is 522 g/mol. The third kappa shape index (κ3) is 5.94. The predicted octanol–water partition coefficient (Wildman–Crippen LogP) is 5.27. The molecule has 3 rings (SSSR count). The number of rotatable bonds is 10. The first-order chi connectivity index (χ1) is 17.9. The van der Waals surface area contributed by atoms with Gasteiger partial charge in [0.05, 0.1) is 26.0 Å². The number of amides is 1. The van der Waals surface area contributed by atoms with Gasteiger partial charge in [-0.1, -0.05) is 41.5 Å². The topological polar surface area (TPSA) is 120 Å². The van der Waals surface area contributed by atoms with Gasteiger partial charge in [0, 0.05) is 10.9 Å². The molecule has 1 saturated carbocycles. The van der Waals surface area contributed by atoms with Gasteiger partial charge in [0.15, 0.2) is 8.24 Å². The normalized spacial score (nSPS) is 19.1. The highest BCUT2D eigenvalue weighted by atomic mass is 32.2. The van der Waals surface area contributed by atoms with Gasteiger partial charge in [-0.15, -0.1) is 0 Å². The Hall–Kier alpha value is -2.37. The molecule has 9 nitrogen and oxygen atoms in total. The average molecular weight is 566 g/mol. The summed E-state index contributed by atoms with van der Waals surface area (Å²) in [6, 6.07) is 2.10. The molecule has 1 unspecified atom stereocenters. The average Bonchev–Trinajstić information content (AvgIpc) is 3.29. The summed E-state index contributed by atoms with van der Waals surface area (Å²) in [4.78, 5) is 16.5. The number of alkyl carbamates (subject to hydrolysis) is 1. The second-order valence-electron chi connectivity index (χ2n) is 11.4. The molecule has 11 heteroatoms. The van der Waals surface area contributed by atoms with Crippen LogP contribution in [0.15, 0.2) is 18.5 Å². The zero-order valence-electron chi connectivity index (χ0n) is 23.6. The fourth-order valence-corrected chi connectivity index (χ4v) is 13.7. The van der Waals surface area contributed by atoms with Gasteiger partial charge in [-0.2, -0.15) is 8.42 Å². The first-order valence-corrected chi connectivity index (χ1v) is 16.8. The Morgan fingerprint density at radius 2 is 1.76 bits per heavy atom. The predicted molar refractivity (Wildman–Crippen MR) is 153 cm³/mol. The van der Waals surface area contributed by atoms with E-state index in [1.165, 1.54) is 0 Å². The molecule has 0 aromatic carbocycles. The van der Waals surface area contributed by atoms with Gasteiger partial charge < -0.3 is 18.8 Å². The molecule has 1 aliphatic carbocycles. The Morgan fingerprint density at radius 3 is 2.29 bits per heavy atom. The molecule has 2 heterocycles. The molecule has 1 aliphatic rings. The number of aliphatic hydroxyl groups is 1. The number of carbonyl (C=O) groups is 1. The third-order valence-corrected chi connectivity index (χ3v) is 15.5. The number of nitrogens with zero attached hydrogens (tertiary/aromatic N) is 2. The van der Waals surface area contributed by atoms with Crippen molar-refractivity contribution in [1.82, 2.24) is 14.5 Å². The minimum atomic E-state index is -2.48. The summed E-state index contributed by atoms with van der Waals surface area (Å²) in [6.07, 6.45) is 5.61. The number of fused-ring (bicyclic) bond motifs is 1. The number of pyridine rings is 1. The van der Waals surface area contributed by atoms with E-state index in [9.17, 15) is 18.3 Å². The second kappa shape index (κ2) is 12.7. The summed E-state index contributed by atoms with van der Waals surface area (Å²) in [7, 11) is -2.89. The summed E-state index contributed by atoms with van der Waals surface area (Å²) in [6.45, 7) is 14.2. The van der Waals surface area contributed by atoms with Crippen LogP contribution < -0.4 is 10.1 Å². The smallest absolute Gasteiger partial charge is 0.411 e. The fourth-order valence-electron chi connectivity index (χ4n) is 6.94. The highest BCUT2D eigenvalue weighted by molar-refractivity contribution is 7.71. The number of ether oxygens (including phenoxy) is 2. The lowest BCUT2D eigenvalue weighted by Crippen LogP contribution is -2.51. The maximum absolute atomic E-state index is 11.7. The summed E-state index contributed by atoms with van der Waals surface area (Å²) in [5, 5.41) is 14.7. The highest BCUT2D eigenvalue weighted by Crippen LogP contribution is 2.46. The number of hydrogen-bond acceptors (Lipinski definition) is 7. The molecule has 212 valence electrons. The molecule has 38 heavy (non-hydrogen) atoms. The molecule has 2 aromatic heterocycles. The summed E-state index contributed by atoms with van der Waals surface area (Å²) >= 11 is 0. The number of aliphatic hydroxyl groups excluding tert-OH is 1. The maximum atomic E-state index is 11.7. The van der Waals surface area contributed by atoms with E-state index in [0.29, 0.717) is 27.9 Å². The molecule has 1 amide bonds. The van der Waals surface area contributed by atoms with E-state index < -0.39 is 30.7 Å². The SMILES string of the molecule is COc1cnc2c(ccn2[Si](C(C)C)(C(C)C)C(C)C)c1C(O)C1CCC(COC(=O)NC=S(=O)=O)CC1. The van der Waals surface area contributed by atoms with E-state index >= 15 is 0 Å². The van der Waals surface area contributed by atoms with Gasteiger partial charge in [-0.3, -0.25) is 5.32 Å². The largest absolute Gasteiger partial charge is 0.495 e. The van der Waals surface area contributed by atoms with Crippen LogP contribution in [0.4, 0.5) is 4.79 Å². The number of aromatic nitrogens is 2. The van der Waals surface area contributed by atoms with Crippen LogP contribution in [0.3, 0.4) is 0 Å². The molecule has 0 radical (unpaired) electrons. The minimum absolute atomic E-state index is 0.0430. The molecule has 1 atom stereocenters. The van der Waals surface area contributed by atoms with Crippen LogP contribution in [0.2, 0.25) is 16.6 Å². The van der Waals surface area contributed by atoms with Gasteiger partial charge >= 0.3 is 6.09 Å². The van der Waals surface area contributed by atoms with Crippen LogP contribution in [0, 0.1) is 11.8 Å². The lowest BCUT2D eigenvalue weighted by molar-refractivity contribution is 0.0566. The molecule has 2 aromatic rings. The summed E-state index contributed by atoms with van der Waals surface area (Å²) in [5.74, 6) is 0.807. The molecule has 0 aliphatic heterocycles. The van der Waals surface area contributed by atoms with Gasteiger partial charge in [0.1, 0.15) is 16.9 Å². The van der Waals surface area contributed by atoms with Gasteiger partial charge in [0.2, 0.25) is 10.3 Å². The molecule has 1 fully saturated rings. The van der Waals surface area contributed by atoms with Crippen LogP contribution in [0.25, 0.3) is 11.0 Å². The summed E-state index contributed by atoms with van der Waals surface area (Å²) < 4.78 is 34.4. The van der Waals surface area contributed by atoms with Crippen molar-refractivity contribution in [2.75, 3.05) is 13.7 Å². The minimum Gasteiger partial charge on any atom is -0.495 e. The van der Waals surface area contributed by atoms with Gasteiger partial charge in [-0.25, -0.2) is 9.78 Å². The van der Waals surface area contributed by atoms with Crippen LogP contribution >= 0.6 is 0 Å². The Morgan fingerprint density at radius 1 is 1.16 bits per heavy atom. The van der Waals surface area contributed by atoms with E-state index in [1.807, 2.05) is 0 Å². The van der Waals surface area contributed by atoms with E-state index in [2.05, 4.69) is 63.4 Å². The molecule has 0 bridgehead atoms. The van der Waals surface area contributed by atoms with E-state index in [0.717, 1.165) is 42.3 Å². The highest BCUT2D eigenvalue weighted by Gasteiger charge is 2.46. The van der Waals surface area contributed by atoms with Crippen LogP contribution in [0.5, 0.6) is 5.75 Å². The van der Waals surface area contributed by atoms with Gasteiger partial charge in [0.25, 0.3) is 0 Å². The zero-order chi connectivity index (χ0) is 28.2. The van der Waals surface area contributed by atoms with E-state index in [1.54, 1.807) is 13.3 Å². The zero-order valence-corrected chi connectivity index (χ0v) is 25.4. The van der Waals surface area contributed by atoms with Crippen molar-refractivity contribution in [3.63, 3.8) is 0 Å². The lowest BCUT2D eigenvalue weighted by Gasteiger charge is -2.44. The first kappa shape index (κ1) is 30.2. The van der Waals surface area contributed by atoms with Crippen molar-refractivity contribution in [3.8, 4) is 5.75 Å². The van der Waals surface area contributed by atoms with Crippen molar-refractivity contribution >= 4 is 41.1 Å². The molecule has 0 spiro atoms. The maximum Gasteiger partial charge on any atom is 0.411 e. The van der Waals surface area contributed by atoms with Crippen molar-refractivity contribution in [3.05, 3.63) is 24.0 Å². The summed E-state index contributed by atoms with van der Waals surface area (Å²) in [5.41, 5.74) is 3.91. The van der Waals surface area contributed by atoms with E-state index in [-0.39, 0.29) is 18.4 Å². The van der Waals surface area contributed by atoms with Crippen LogP contribution in [0.1, 0.15) is 78.9 Å². The number of methoxy groups -OCH3 is 1. The third-order valence-electron chi connectivity index (χ3n) is 8.49. The Labute approximate surface area is 228 Å². The van der Waals surface area contributed by atoms with E-state index in [4.69, 9.17) is 14.5 Å². The van der Waals surface area contributed by atoms with Crippen molar-refractivity contribution in [1.29, 1.82) is 0 Å². The Bertz CT molecular complexity index is 1220. The molecular formula is C27H43N3O6SSi. The quantitative estimate of drug-likeness (QED) is 0.297. The second-order valence-corrected chi connectivity index (χ2v) is 17.8. The van der Waals surface area contributed by atoms with Gasteiger partial charge in [-0.05, 0) is 66.4 Å². The lowest BCUT2D eigenvalue weighted by atomic mass is 9.77. The van der Waals surface area contributed by atoms with Crippen molar-refractivity contribution < 1.29 is 27.8 Å². The Balaban J connectivity index is 1.85. The first-order valence-electron chi connectivity index (χ1n) is 13.5. The monoisotopic (exact) mass is 565 g/mol.